The molecule has 0 bridgehead atoms. The summed E-state index contributed by atoms with van der Waals surface area (Å²) in [6, 6.07) is 13.0. The minimum atomic E-state index is -0.621. The number of fused-ring (bicyclic) bond motifs is 4. The number of non-ortho nitro benzene ring substituents is 1. The normalized spacial score (nSPS) is 20.4. The van der Waals surface area contributed by atoms with Crippen LogP contribution in [0.5, 0.6) is 0 Å². The van der Waals surface area contributed by atoms with Crippen molar-refractivity contribution < 1.29 is 14.5 Å². The first kappa shape index (κ1) is 20.2. The fourth-order valence-electron chi connectivity index (χ4n) is 5.02. The molecule has 2 atom stereocenters. The van der Waals surface area contributed by atoms with Crippen LogP contribution in [-0.2, 0) is 16.0 Å². The van der Waals surface area contributed by atoms with Crippen molar-refractivity contribution in [3.05, 3.63) is 75.5 Å². The van der Waals surface area contributed by atoms with Gasteiger partial charge >= 0.3 is 0 Å². The minimum Gasteiger partial charge on any atom is -0.356 e. The van der Waals surface area contributed by atoms with Gasteiger partial charge in [0.25, 0.3) is 5.69 Å². The summed E-state index contributed by atoms with van der Waals surface area (Å²) in [5.74, 6) is -0.184. The quantitative estimate of drug-likeness (QED) is 0.492. The molecule has 5 rings (SSSR count). The third-order valence-corrected chi connectivity index (χ3v) is 6.52. The molecule has 0 radical (unpaired) electrons. The Balaban J connectivity index is 1.68. The SMILES string of the molecule is CCCCN1CC(=O)N2[C@@H](c3cccc([N+](=O)[O-])c3)c3[nH]c4ccccc4c3C[C@@H]2C1=O. The van der Waals surface area contributed by atoms with Crippen molar-refractivity contribution >= 4 is 28.4 Å². The Bertz CT molecular complexity index is 1230. The van der Waals surface area contributed by atoms with Crippen LogP contribution >= 0.6 is 0 Å². The molecule has 0 spiro atoms. The van der Waals surface area contributed by atoms with E-state index < -0.39 is 17.0 Å². The first-order chi connectivity index (χ1) is 15.5. The molecule has 1 fully saturated rings. The number of nitrogens with one attached hydrogen (secondary N) is 1. The van der Waals surface area contributed by atoms with E-state index in [0.717, 1.165) is 35.0 Å². The van der Waals surface area contributed by atoms with Gasteiger partial charge in [-0.1, -0.05) is 43.7 Å². The predicted octanol–water partition coefficient (Wildman–Crippen LogP) is 3.56. The van der Waals surface area contributed by atoms with Gasteiger partial charge in [0, 0.05) is 41.7 Å². The summed E-state index contributed by atoms with van der Waals surface area (Å²) in [5.41, 5.74) is 3.33. The molecule has 0 saturated carbocycles. The maximum Gasteiger partial charge on any atom is 0.269 e. The molecule has 2 aliphatic heterocycles. The molecule has 8 nitrogen and oxygen atoms in total. The second kappa shape index (κ2) is 7.78. The molecular formula is C24H24N4O4. The molecule has 164 valence electrons. The van der Waals surface area contributed by atoms with Gasteiger partial charge in [0.2, 0.25) is 11.8 Å². The molecule has 0 unspecified atom stereocenters. The second-order valence-electron chi connectivity index (χ2n) is 8.45. The van der Waals surface area contributed by atoms with Crippen LogP contribution in [-0.4, -0.2) is 50.7 Å². The summed E-state index contributed by atoms with van der Waals surface area (Å²) in [6.07, 6.45) is 2.21. The van der Waals surface area contributed by atoms with E-state index in [9.17, 15) is 19.7 Å². The molecule has 3 aromatic rings. The summed E-state index contributed by atoms with van der Waals surface area (Å²) < 4.78 is 0. The Hall–Kier alpha value is -3.68. The minimum absolute atomic E-state index is 0.0380. The monoisotopic (exact) mass is 432 g/mol. The molecule has 2 amide bonds. The maximum absolute atomic E-state index is 13.4. The van der Waals surface area contributed by atoms with Gasteiger partial charge < -0.3 is 14.8 Å². The number of para-hydroxylation sites is 1. The van der Waals surface area contributed by atoms with Crippen LogP contribution in [0.15, 0.2) is 48.5 Å². The number of nitro groups is 1. The summed E-state index contributed by atoms with van der Waals surface area (Å²) >= 11 is 0. The van der Waals surface area contributed by atoms with Crippen LogP contribution in [0.3, 0.4) is 0 Å². The lowest BCUT2D eigenvalue weighted by molar-refractivity contribution is -0.384. The van der Waals surface area contributed by atoms with Crippen molar-refractivity contribution in [3.8, 4) is 0 Å². The summed E-state index contributed by atoms with van der Waals surface area (Å²) in [5, 5.41) is 12.4. The number of hydrogen-bond acceptors (Lipinski definition) is 4. The predicted molar refractivity (Wildman–Crippen MR) is 119 cm³/mol. The van der Waals surface area contributed by atoms with Crippen LogP contribution in [0.2, 0.25) is 0 Å². The Labute approximate surface area is 185 Å². The number of H-pyrrole nitrogens is 1. The van der Waals surface area contributed by atoms with E-state index in [2.05, 4.69) is 11.9 Å². The van der Waals surface area contributed by atoms with Crippen LogP contribution < -0.4 is 0 Å². The third-order valence-electron chi connectivity index (χ3n) is 6.52. The average molecular weight is 432 g/mol. The number of rotatable bonds is 5. The summed E-state index contributed by atoms with van der Waals surface area (Å²) in [6.45, 7) is 2.66. The van der Waals surface area contributed by atoms with Crippen molar-refractivity contribution in [2.45, 2.75) is 38.3 Å². The smallest absolute Gasteiger partial charge is 0.269 e. The number of aromatic nitrogens is 1. The van der Waals surface area contributed by atoms with E-state index in [1.807, 2.05) is 24.3 Å². The Kier molecular flexibility index (Phi) is 4.92. The zero-order chi connectivity index (χ0) is 22.4. The highest BCUT2D eigenvalue weighted by molar-refractivity contribution is 5.97. The molecule has 2 aromatic carbocycles. The van der Waals surface area contributed by atoms with Gasteiger partial charge in [-0.3, -0.25) is 19.7 Å². The van der Waals surface area contributed by atoms with E-state index in [0.29, 0.717) is 18.5 Å². The van der Waals surface area contributed by atoms with Gasteiger partial charge in [0.05, 0.1) is 17.5 Å². The Morgan fingerprint density at radius 1 is 1.16 bits per heavy atom. The number of unbranched alkanes of at least 4 members (excludes halogenated alkanes) is 1. The summed E-state index contributed by atoms with van der Waals surface area (Å²) in [4.78, 5) is 44.5. The number of hydrogen-bond donors (Lipinski definition) is 1. The van der Waals surface area contributed by atoms with Crippen molar-refractivity contribution in [2.24, 2.45) is 0 Å². The number of aromatic amines is 1. The number of amides is 2. The largest absolute Gasteiger partial charge is 0.356 e. The Morgan fingerprint density at radius 3 is 2.75 bits per heavy atom. The lowest BCUT2D eigenvalue weighted by atomic mass is 9.86. The highest BCUT2D eigenvalue weighted by Gasteiger charge is 2.48. The fraction of sp³-hybridized carbons (Fsp3) is 0.333. The van der Waals surface area contributed by atoms with Crippen LogP contribution in [0, 0.1) is 10.1 Å². The average Bonchev–Trinajstić information content (AvgIpc) is 3.17. The maximum atomic E-state index is 13.4. The number of benzene rings is 2. The van der Waals surface area contributed by atoms with Crippen molar-refractivity contribution in [1.82, 2.24) is 14.8 Å². The third kappa shape index (κ3) is 3.14. The zero-order valence-corrected chi connectivity index (χ0v) is 17.8. The van der Waals surface area contributed by atoms with Crippen LogP contribution in [0.25, 0.3) is 10.9 Å². The summed E-state index contributed by atoms with van der Waals surface area (Å²) in [7, 11) is 0. The fourth-order valence-corrected chi connectivity index (χ4v) is 5.02. The molecule has 3 heterocycles. The van der Waals surface area contributed by atoms with Gasteiger partial charge in [0.1, 0.15) is 6.04 Å². The van der Waals surface area contributed by atoms with Crippen LogP contribution in [0.4, 0.5) is 5.69 Å². The first-order valence-electron chi connectivity index (χ1n) is 10.9. The topological polar surface area (TPSA) is 99.5 Å². The standard InChI is InChI=1S/C24H24N4O4/c1-2-3-11-26-14-21(29)27-20(24(26)30)13-18-17-9-4-5-10-19(17)25-22(18)23(27)15-7-6-8-16(12-15)28(31)32/h4-10,12,20,23,25H,2-3,11,13-14H2,1H3/t20-,23+/m1/s1. The van der Waals surface area contributed by atoms with Crippen molar-refractivity contribution in [3.63, 3.8) is 0 Å². The van der Waals surface area contributed by atoms with E-state index in [1.165, 1.54) is 12.1 Å². The van der Waals surface area contributed by atoms with Gasteiger partial charge in [-0.05, 0) is 23.6 Å². The molecule has 32 heavy (non-hydrogen) atoms. The molecule has 8 heteroatoms. The highest BCUT2D eigenvalue weighted by Crippen LogP contribution is 2.43. The number of carbonyl (C=O) groups is 2. The number of nitrogens with zero attached hydrogens (tertiary/aromatic N) is 3. The molecule has 1 saturated heterocycles. The van der Waals surface area contributed by atoms with Crippen molar-refractivity contribution in [2.75, 3.05) is 13.1 Å². The second-order valence-corrected chi connectivity index (χ2v) is 8.45. The number of piperazine rings is 1. The molecular weight excluding hydrogens is 408 g/mol. The van der Waals surface area contributed by atoms with Crippen molar-refractivity contribution in [1.29, 1.82) is 0 Å². The van der Waals surface area contributed by atoms with E-state index >= 15 is 0 Å². The van der Waals surface area contributed by atoms with E-state index in [4.69, 9.17) is 0 Å². The molecule has 2 aliphatic rings. The van der Waals surface area contributed by atoms with E-state index in [-0.39, 0.29) is 24.0 Å². The highest BCUT2D eigenvalue weighted by atomic mass is 16.6. The number of carbonyl (C=O) groups excluding carboxylic acids is 2. The molecule has 0 aliphatic carbocycles. The van der Waals surface area contributed by atoms with Gasteiger partial charge in [0.15, 0.2) is 0 Å². The van der Waals surface area contributed by atoms with Gasteiger partial charge in [-0.25, -0.2) is 0 Å². The molecule has 1 N–H and O–H groups in total. The lowest BCUT2D eigenvalue weighted by Crippen LogP contribution is -2.63. The number of nitro benzene ring substituents is 1. The zero-order valence-electron chi connectivity index (χ0n) is 17.8. The van der Waals surface area contributed by atoms with Gasteiger partial charge in [-0.2, -0.15) is 0 Å². The van der Waals surface area contributed by atoms with Gasteiger partial charge in [-0.15, -0.1) is 0 Å². The van der Waals surface area contributed by atoms with Crippen LogP contribution in [0.1, 0.15) is 42.6 Å². The first-order valence-corrected chi connectivity index (χ1v) is 10.9. The van der Waals surface area contributed by atoms with E-state index in [1.54, 1.807) is 21.9 Å². The lowest BCUT2D eigenvalue weighted by Gasteiger charge is -2.47. The Morgan fingerprint density at radius 2 is 1.97 bits per heavy atom. The molecule has 1 aromatic heterocycles.